The maximum Gasteiger partial charge on any atom is 0.263 e. The predicted octanol–water partition coefficient (Wildman–Crippen LogP) is 6.06. The molecule has 1 N–H and O–H groups in total. The summed E-state index contributed by atoms with van der Waals surface area (Å²) >= 11 is 6.40. The number of rotatable bonds is 4. The third-order valence-corrected chi connectivity index (χ3v) is 6.88. The number of anilines is 1. The van der Waals surface area contributed by atoms with E-state index in [-0.39, 0.29) is 10.3 Å². The Morgan fingerprint density at radius 1 is 1.10 bits per heavy atom. The lowest BCUT2D eigenvalue weighted by Gasteiger charge is -2.19. The summed E-state index contributed by atoms with van der Waals surface area (Å²) in [5, 5.41) is 0.535. The van der Waals surface area contributed by atoms with Crippen molar-refractivity contribution in [1.29, 1.82) is 0 Å². The molecule has 0 atom stereocenters. The van der Waals surface area contributed by atoms with E-state index in [4.69, 9.17) is 11.6 Å². The zero-order valence-electron chi connectivity index (χ0n) is 17.6. The van der Waals surface area contributed by atoms with Gasteiger partial charge >= 0.3 is 0 Å². The number of pyridine rings is 1. The summed E-state index contributed by atoms with van der Waals surface area (Å²) in [4.78, 5) is 4.45. The number of allylic oxidation sites excluding steroid dienone is 3. The maximum atomic E-state index is 13.0. The highest BCUT2D eigenvalue weighted by Crippen LogP contribution is 2.29. The number of sulfonamides is 1. The molecule has 0 saturated carbocycles. The molecule has 3 aromatic rings. The first-order chi connectivity index (χ1) is 14.6. The molecule has 160 valence electrons. The second-order valence-electron chi connectivity index (χ2n) is 8.49. The van der Waals surface area contributed by atoms with Gasteiger partial charge in [0.2, 0.25) is 0 Å². The lowest BCUT2D eigenvalue weighted by atomic mass is 9.87. The maximum absolute atomic E-state index is 13.0. The smallest absolute Gasteiger partial charge is 0.263 e. The molecule has 7 heteroatoms. The van der Waals surface area contributed by atoms with E-state index in [2.05, 4.69) is 36.6 Å². The Morgan fingerprint density at radius 3 is 2.55 bits per heavy atom. The second-order valence-corrected chi connectivity index (χ2v) is 10.6. The van der Waals surface area contributed by atoms with Crippen LogP contribution in [0.25, 0.3) is 11.1 Å². The molecule has 31 heavy (non-hydrogen) atoms. The Labute approximate surface area is 187 Å². The van der Waals surface area contributed by atoms with Gasteiger partial charge in [0.05, 0.1) is 15.4 Å². The average Bonchev–Trinajstić information content (AvgIpc) is 2.99. The van der Waals surface area contributed by atoms with Crippen LogP contribution in [0.5, 0.6) is 0 Å². The Hall–Kier alpha value is -2.83. The third kappa shape index (κ3) is 4.45. The molecular weight excluding hydrogens is 430 g/mol. The number of hydrogen-bond donors (Lipinski definition) is 1. The lowest BCUT2D eigenvalue weighted by Crippen LogP contribution is -2.16. The van der Waals surface area contributed by atoms with Crippen LogP contribution in [0.3, 0.4) is 0 Å². The summed E-state index contributed by atoms with van der Waals surface area (Å²) in [7, 11) is -3.77. The van der Waals surface area contributed by atoms with Gasteiger partial charge < -0.3 is 4.40 Å². The number of nitrogens with zero attached hydrogens (tertiary/aromatic N) is 2. The Kier molecular flexibility index (Phi) is 5.54. The number of nitrogens with one attached hydrogen (secondary N) is 1. The zero-order chi connectivity index (χ0) is 22.2. The van der Waals surface area contributed by atoms with Crippen molar-refractivity contribution in [3.63, 3.8) is 0 Å². The van der Waals surface area contributed by atoms with Gasteiger partial charge in [0, 0.05) is 24.2 Å². The van der Waals surface area contributed by atoms with Crippen LogP contribution in [-0.2, 0) is 15.4 Å². The van der Waals surface area contributed by atoms with Crippen molar-refractivity contribution in [2.75, 3.05) is 4.72 Å². The molecule has 0 radical (unpaired) electrons. The molecule has 3 heterocycles. The summed E-state index contributed by atoms with van der Waals surface area (Å²) in [5.74, 6) is 0.412. The molecule has 2 aromatic heterocycles. The van der Waals surface area contributed by atoms with Crippen molar-refractivity contribution in [1.82, 2.24) is 4.40 Å². The SMILES string of the molecule is CC(C)(C)c1ccc(S(=O)(=O)Nc2ccc(Cl)c3cc(C4=CCC=CN=C4)cn23)cc1. The van der Waals surface area contributed by atoms with Crippen LogP contribution in [-0.4, -0.2) is 19.0 Å². The third-order valence-electron chi connectivity index (χ3n) is 5.19. The van der Waals surface area contributed by atoms with Gasteiger partial charge in [-0.25, -0.2) is 8.42 Å². The Bertz CT molecular complexity index is 1330. The molecule has 0 bridgehead atoms. The molecule has 1 aliphatic rings. The van der Waals surface area contributed by atoms with E-state index in [1.807, 2.05) is 30.5 Å². The molecule has 0 aliphatic carbocycles. The topological polar surface area (TPSA) is 62.9 Å². The van der Waals surface area contributed by atoms with Crippen molar-refractivity contribution in [3.8, 4) is 0 Å². The normalized spacial score (nSPS) is 14.5. The van der Waals surface area contributed by atoms with E-state index in [9.17, 15) is 8.42 Å². The van der Waals surface area contributed by atoms with Crippen LogP contribution in [0.15, 0.2) is 76.9 Å². The van der Waals surface area contributed by atoms with E-state index in [1.165, 1.54) is 0 Å². The van der Waals surface area contributed by atoms with Gasteiger partial charge in [0.1, 0.15) is 5.82 Å². The number of halogens is 1. The fourth-order valence-corrected chi connectivity index (χ4v) is 4.68. The van der Waals surface area contributed by atoms with Gasteiger partial charge in [-0.1, -0.05) is 56.7 Å². The number of aliphatic imine (C=N–C) groups is 1. The van der Waals surface area contributed by atoms with E-state index >= 15 is 0 Å². The first-order valence-corrected chi connectivity index (χ1v) is 11.8. The summed E-state index contributed by atoms with van der Waals surface area (Å²) < 4.78 is 30.6. The minimum atomic E-state index is -3.77. The van der Waals surface area contributed by atoms with Crippen LogP contribution in [0, 0.1) is 0 Å². The standard InChI is InChI=1S/C24H24ClN3O2S/c1-24(2,3)19-7-9-20(10-8-19)31(29,30)27-23-12-11-21(25)22-14-18(16-28(22)23)17-6-4-5-13-26-15-17/h5-16,27H,4H2,1-3H3. The van der Waals surface area contributed by atoms with Gasteiger partial charge in [0.25, 0.3) is 10.0 Å². The van der Waals surface area contributed by atoms with E-state index in [0.29, 0.717) is 16.4 Å². The van der Waals surface area contributed by atoms with E-state index < -0.39 is 10.0 Å². The molecule has 5 nitrogen and oxygen atoms in total. The molecule has 0 spiro atoms. The first-order valence-electron chi connectivity index (χ1n) is 9.98. The fourth-order valence-electron chi connectivity index (χ4n) is 3.42. The summed E-state index contributed by atoms with van der Waals surface area (Å²) in [5.41, 5.74) is 3.60. The predicted molar refractivity (Wildman–Crippen MR) is 129 cm³/mol. The number of fused-ring (bicyclic) bond motifs is 1. The molecular formula is C24H24ClN3O2S. The van der Waals surface area contributed by atoms with E-state index in [1.54, 1.807) is 41.1 Å². The quantitative estimate of drug-likeness (QED) is 0.521. The van der Waals surface area contributed by atoms with Crippen LogP contribution in [0.1, 0.15) is 38.3 Å². The lowest BCUT2D eigenvalue weighted by molar-refractivity contribution is 0.587. The van der Waals surface area contributed by atoms with Gasteiger partial charge in [0.15, 0.2) is 0 Å². The Morgan fingerprint density at radius 2 is 1.84 bits per heavy atom. The summed E-state index contributed by atoms with van der Waals surface area (Å²) in [6, 6.07) is 12.3. The highest BCUT2D eigenvalue weighted by Gasteiger charge is 2.19. The Balaban J connectivity index is 1.71. The van der Waals surface area contributed by atoms with Gasteiger partial charge in [-0.15, -0.1) is 0 Å². The molecule has 1 aromatic carbocycles. The van der Waals surface area contributed by atoms with Crippen molar-refractivity contribution >= 4 is 44.7 Å². The highest BCUT2D eigenvalue weighted by molar-refractivity contribution is 7.92. The van der Waals surface area contributed by atoms with Crippen molar-refractivity contribution in [3.05, 3.63) is 83.2 Å². The van der Waals surface area contributed by atoms with Crippen molar-refractivity contribution in [2.24, 2.45) is 4.99 Å². The summed E-state index contributed by atoms with van der Waals surface area (Å²) in [6.07, 6.45) is 10.2. The fraction of sp³-hybridized carbons (Fsp3) is 0.208. The molecule has 4 rings (SSSR count). The molecule has 0 amide bonds. The molecule has 0 unspecified atom stereocenters. The minimum Gasteiger partial charge on any atom is -0.301 e. The average molecular weight is 454 g/mol. The number of benzene rings is 1. The van der Waals surface area contributed by atoms with E-state index in [0.717, 1.165) is 23.1 Å². The van der Waals surface area contributed by atoms with Crippen molar-refractivity contribution in [2.45, 2.75) is 37.5 Å². The highest BCUT2D eigenvalue weighted by atomic mass is 35.5. The van der Waals surface area contributed by atoms with Crippen LogP contribution >= 0.6 is 11.6 Å². The van der Waals surface area contributed by atoms with Gasteiger partial charge in [-0.05, 0) is 53.3 Å². The molecule has 1 aliphatic heterocycles. The monoisotopic (exact) mass is 453 g/mol. The van der Waals surface area contributed by atoms with Gasteiger partial charge in [-0.2, -0.15) is 0 Å². The molecule has 0 fully saturated rings. The zero-order valence-corrected chi connectivity index (χ0v) is 19.2. The second kappa shape index (κ2) is 8.02. The van der Waals surface area contributed by atoms with Gasteiger partial charge in [-0.3, -0.25) is 9.71 Å². The van der Waals surface area contributed by atoms with Crippen molar-refractivity contribution < 1.29 is 8.42 Å². The largest absolute Gasteiger partial charge is 0.301 e. The van der Waals surface area contributed by atoms with Crippen LogP contribution in [0.2, 0.25) is 5.02 Å². The minimum absolute atomic E-state index is 0.0505. The number of hydrogen-bond acceptors (Lipinski definition) is 3. The van der Waals surface area contributed by atoms with Crippen LogP contribution in [0.4, 0.5) is 5.82 Å². The first kappa shape index (κ1) is 21.4. The molecule has 0 saturated heterocycles. The summed E-state index contributed by atoms with van der Waals surface area (Å²) in [6.45, 7) is 6.27. The van der Waals surface area contributed by atoms with Crippen LogP contribution < -0.4 is 4.72 Å². The number of aromatic nitrogens is 1.